The van der Waals surface area contributed by atoms with Crippen molar-refractivity contribution in [2.75, 3.05) is 18.2 Å². The summed E-state index contributed by atoms with van der Waals surface area (Å²) in [5.74, 6) is 0.838. The Bertz CT molecular complexity index is 1130. The largest absolute Gasteiger partial charge is 0.494 e. The molecule has 1 N–H and O–H groups in total. The van der Waals surface area contributed by atoms with Gasteiger partial charge in [-0.15, -0.1) is 11.3 Å². The molecule has 0 saturated heterocycles. The smallest absolute Gasteiger partial charge is 0.235 e. The lowest BCUT2D eigenvalue weighted by Gasteiger charge is -2.10. The van der Waals surface area contributed by atoms with E-state index in [-0.39, 0.29) is 11.7 Å². The molecule has 0 spiro atoms. The molecule has 2 aromatic heterocycles. The molecule has 29 heavy (non-hydrogen) atoms. The standard InChI is InChI=1S/C22H21N3O2S2/c1-13-10-20(25-21-14(13)7-5-8-17(21)27-2)28-12-19(26)24-22-16(11-23)15-6-3-4-9-18(15)29-22/h5,7-8,10H,3-4,6,9,12H2,1-2H3,(H,24,26). The SMILES string of the molecule is COc1cccc2c(C)cc(SCC(=O)Nc3sc4c(c3C#N)CCCC4)nc12. The first-order valence-electron chi connectivity index (χ1n) is 9.52. The highest BCUT2D eigenvalue weighted by Gasteiger charge is 2.21. The zero-order valence-corrected chi connectivity index (χ0v) is 18.0. The number of nitriles is 1. The lowest BCUT2D eigenvalue weighted by molar-refractivity contribution is -0.113. The van der Waals surface area contributed by atoms with Crippen LogP contribution in [0.25, 0.3) is 10.9 Å². The number of para-hydroxylation sites is 1. The normalized spacial score (nSPS) is 13.0. The first-order chi connectivity index (χ1) is 14.1. The second kappa shape index (κ2) is 8.44. The van der Waals surface area contributed by atoms with E-state index in [0.717, 1.165) is 58.5 Å². The van der Waals surface area contributed by atoms with Crippen LogP contribution in [0, 0.1) is 18.3 Å². The fourth-order valence-electron chi connectivity index (χ4n) is 3.67. The van der Waals surface area contributed by atoms with Gasteiger partial charge in [-0.3, -0.25) is 4.79 Å². The monoisotopic (exact) mass is 423 g/mol. The number of carbonyl (C=O) groups is 1. The predicted molar refractivity (Wildman–Crippen MR) is 118 cm³/mol. The summed E-state index contributed by atoms with van der Waals surface area (Å²) in [5, 5.41) is 15.0. The van der Waals surface area contributed by atoms with Crippen molar-refractivity contribution in [1.82, 2.24) is 4.98 Å². The molecule has 0 unspecified atom stereocenters. The molecule has 0 aliphatic heterocycles. The number of fused-ring (bicyclic) bond motifs is 2. The fourth-order valence-corrected chi connectivity index (χ4v) is 5.70. The van der Waals surface area contributed by atoms with Gasteiger partial charge in [-0.05, 0) is 55.9 Å². The van der Waals surface area contributed by atoms with E-state index in [2.05, 4.69) is 16.4 Å². The molecule has 0 atom stereocenters. The first kappa shape index (κ1) is 19.7. The third kappa shape index (κ3) is 3.96. The summed E-state index contributed by atoms with van der Waals surface area (Å²) in [5.41, 5.74) is 3.67. The lowest BCUT2D eigenvalue weighted by Crippen LogP contribution is -2.14. The number of carbonyl (C=O) groups excluding carboxylic acids is 1. The molecule has 1 aromatic carbocycles. The summed E-state index contributed by atoms with van der Waals surface area (Å²) in [6.07, 6.45) is 4.19. The van der Waals surface area contributed by atoms with Crippen molar-refractivity contribution in [2.45, 2.75) is 37.6 Å². The molecule has 0 bridgehead atoms. The quantitative estimate of drug-likeness (QED) is 0.578. The molecular formula is C22H21N3O2S2. The van der Waals surface area contributed by atoms with Gasteiger partial charge < -0.3 is 10.1 Å². The molecule has 1 amide bonds. The average molecular weight is 424 g/mol. The van der Waals surface area contributed by atoms with E-state index in [1.807, 2.05) is 31.2 Å². The third-order valence-electron chi connectivity index (χ3n) is 5.09. The van der Waals surface area contributed by atoms with Gasteiger partial charge in [0.1, 0.15) is 22.3 Å². The Kier molecular flexibility index (Phi) is 5.74. The zero-order valence-electron chi connectivity index (χ0n) is 16.4. The number of rotatable bonds is 5. The van der Waals surface area contributed by atoms with Crippen molar-refractivity contribution in [2.24, 2.45) is 0 Å². The molecule has 0 fully saturated rings. The van der Waals surface area contributed by atoms with Gasteiger partial charge in [0.05, 0.1) is 23.5 Å². The summed E-state index contributed by atoms with van der Waals surface area (Å²) >= 11 is 2.94. The number of aryl methyl sites for hydroxylation is 2. The van der Waals surface area contributed by atoms with E-state index in [1.165, 1.54) is 16.6 Å². The summed E-state index contributed by atoms with van der Waals surface area (Å²) < 4.78 is 5.43. The number of ether oxygens (including phenoxy) is 1. The summed E-state index contributed by atoms with van der Waals surface area (Å²) in [7, 11) is 1.63. The number of nitrogens with zero attached hydrogens (tertiary/aromatic N) is 2. The molecule has 0 saturated carbocycles. The van der Waals surface area contributed by atoms with Gasteiger partial charge in [0.15, 0.2) is 0 Å². The van der Waals surface area contributed by atoms with Crippen molar-refractivity contribution >= 4 is 44.9 Å². The number of thioether (sulfide) groups is 1. The molecule has 3 aromatic rings. The van der Waals surface area contributed by atoms with Gasteiger partial charge in [-0.2, -0.15) is 5.26 Å². The number of methoxy groups -OCH3 is 1. The van der Waals surface area contributed by atoms with Gasteiger partial charge in [-0.25, -0.2) is 4.98 Å². The topological polar surface area (TPSA) is 75.0 Å². The number of nitrogens with one attached hydrogen (secondary N) is 1. The highest BCUT2D eigenvalue weighted by molar-refractivity contribution is 7.99. The van der Waals surface area contributed by atoms with E-state index >= 15 is 0 Å². The van der Waals surface area contributed by atoms with Crippen LogP contribution in [0.5, 0.6) is 5.75 Å². The molecule has 5 nitrogen and oxygen atoms in total. The number of thiophene rings is 1. The molecule has 1 aliphatic carbocycles. The fraction of sp³-hybridized carbons (Fsp3) is 0.318. The molecule has 148 valence electrons. The second-order valence-corrected chi connectivity index (χ2v) is 9.10. The number of amides is 1. The number of hydrogen-bond acceptors (Lipinski definition) is 6. The van der Waals surface area contributed by atoms with E-state index in [0.29, 0.717) is 10.6 Å². The van der Waals surface area contributed by atoms with E-state index in [1.54, 1.807) is 18.4 Å². The van der Waals surface area contributed by atoms with Crippen molar-refractivity contribution in [1.29, 1.82) is 5.26 Å². The number of hydrogen-bond donors (Lipinski definition) is 1. The first-order valence-corrected chi connectivity index (χ1v) is 11.3. The van der Waals surface area contributed by atoms with Crippen LogP contribution >= 0.6 is 23.1 Å². The Morgan fingerprint density at radius 2 is 2.21 bits per heavy atom. The van der Waals surface area contributed by atoms with Crippen molar-refractivity contribution in [3.8, 4) is 11.8 Å². The molecule has 2 heterocycles. The Hall–Kier alpha value is -2.56. The predicted octanol–water partition coefficient (Wildman–Crippen LogP) is 5.09. The van der Waals surface area contributed by atoms with Crippen LogP contribution in [0.1, 0.15) is 34.4 Å². The minimum absolute atomic E-state index is 0.121. The highest BCUT2D eigenvalue weighted by atomic mass is 32.2. The van der Waals surface area contributed by atoms with Crippen molar-refractivity contribution < 1.29 is 9.53 Å². The third-order valence-corrected chi connectivity index (χ3v) is 7.21. The number of pyridine rings is 1. The summed E-state index contributed by atoms with van der Waals surface area (Å²) in [6, 6.07) is 10.1. The number of anilines is 1. The zero-order chi connectivity index (χ0) is 20.4. The van der Waals surface area contributed by atoms with Crippen LogP contribution in [0.3, 0.4) is 0 Å². The van der Waals surface area contributed by atoms with Crippen LogP contribution < -0.4 is 10.1 Å². The van der Waals surface area contributed by atoms with Crippen LogP contribution in [0.4, 0.5) is 5.00 Å². The minimum atomic E-state index is -0.121. The van der Waals surface area contributed by atoms with Crippen molar-refractivity contribution in [3.05, 3.63) is 45.8 Å². The van der Waals surface area contributed by atoms with Crippen LogP contribution in [0.15, 0.2) is 29.3 Å². The van der Waals surface area contributed by atoms with Crippen LogP contribution in [-0.4, -0.2) is 23.8 Å². The maximum absolute atomic E-state index is 12.6. The van der Waals surface area contributed by atoms with Gasteiger partial charge in [0.2, 0.25) is 5.91 Å². The lowest BCUT2D eigenvalue weighted by atomic mass is 9.96. The van der Waals surface area contributed by atoms with Gasteiger partial charge in [0, 0.05) is 10.3 Å². The van der Waals surface area contributed by atoms with Crippen LogP contribution in [-0.2, 0) is 17.6 Å². The van der Waals surface area contributed by atoms with E-state index in [4.69, 9.17) is 4.74 Å². The Morgan fingerprint density at radius 1 is 1.38 bits per heavy atom. The second-order valence-electron chi connectivity index (χ2n) is 7.00. The molecule has 1 aliphatic rings. The average Bonchev–Trinajstić information content (AvgIpc) is 3.08. The molecular weight excluding hydrogens is 402 g/mol. The Morgan fingerprint density at radius 3 is 3.00 bits per heavy atom. The van der Waals surface area contributed by atoms with Gasteiger partial charge >= 0.3 is 0 Å². The Labute approximate surface area is 178 Å². The summed E-state index contributed by atoms with van der Waals surface area (Å²) in [6.45, 7) is 2.03. The maximum Gasteiger partial charge on any atom is 0.235 e. The van der Waals surface area contributed by atoms with E-state index in [9.17, 15) is 10.1 Å². The van der Waals surface area contributed by atoms with Crippen molar-refractivity contribution in [3.63, 3.8) is 0 Å². The number of benzene rings is 1. The van der Waals surface area contributed by atoms with Gasteiger partial charge in [-0.1, -0.05) is 23.9 Å². The minimum Gasteiger partial charge on any atom is -0.494 e. The molecule has 0 radical (unpaired) electrons. The van der Waals surface area contributed by atoms with Crippen LogP contribution in [0.2, 0.25) is 0 Å². The summed E-state index contributed by atoms with van der Waals surface area (Å²) in [4.78, 5) is 18.5. The Balaban J connectivity index is 1.49. The number of aromatic nitrogens is 1. The van der Waals surface area contributed by atoms with Gasteiger partial charge in [0.25, 0.3) is 0 Å². The van der Waals surface area contributed by atoms with E-state index < -0.39 is 0 Å². The molecule has 4 rings (SSSR count). The molecule has 7 heteroatoms. The highest BCUT2D eigenvalue weighted by Crippen LogP contribution is 2.37. The maximum atomic E-state index is 12.6.